The Morgan fingerprint density at radius 3 is 2.38 bits per heavy atom. The second kappa shape index (κ2) is 13.2. The van der Waals surface area contributed by atoms with Crippen molar-refractivity contribution in [3.63, 3.8) is 0 Å². The van der Waals surface area contributed by atoms with Crippen molar-refractivity contribution < 1.29 is 9.21 Å². The minimum absolute atomic E-state index is 0.125. The minimum atomic E-state index is 0.125. The Bertz CT molecular complexity index is 1220. The lowest BCUT2D eigenvalue weighted by Gasteiger charge is -2.26. The van der Waals surface area contributed by atoms with Crippen LogP contribution in [-0.2, 0) is 24.3 Å². The minimum Gasteiger partial charge on any atom is -0.467 e. The third kappa shape index (κ3) is 8.27. The molecule has 0 bridgehead atoms. The van der Waals surface area contributed by atoms with Gasteiger partial charge in [0.2, 0.25) is 11.0 Å². The summed E-state index contributed by atoms with van der Waals surface area (Å²) in [5.41, 5.74) is 3.55. The van der Waals surface area contributed by atoms with E-state index in [1.165, 1.54) is 22.7 Å². The van der Waals surface area contributed by atoms with Crippen molar-refractivity contribution in [1.82, 2.24) is 19.2 Å². The average molecular weight is 518 g/mol. The molecular formula is C29H35N5O2S. The van der Waals surface area contributed by atoms with E-state index >= 15 is 0 Å². The lowest BCUT2D eigenvalue weighted by Crippen LogP contribution is -2.38. The number of hydrogen-bond acceptors (Lipinski definition) is 7. The van der Waals surface area contributed by atoms with Crippen LogP contribution in [0, 0.1) is 6.92 Å². The molecule has 2 heterocycles. The maximum absolute atomic E-state index is 13.4. The number of benzene rings is 2. The summed E-state index contributed by atoms with van der Waals surface area (Å²) in [6.07, 6.45) is 2.73. The molecule has 0 aliphatic heterocycles. The summed E-state index contributed by atoms with van der Waals surface area (Å²) in [7, 11) is 4.06. The number of aromatic nitrogens is 2. The molecule has 8 heteroatoms. The molecule has 2 aromatic heterocycles. The van der Waals surface area contributed by atoms with Crippen LogP contribution in [0.15, 0.2) is 77.4 Å². The van der Waals surface area contributed by atoms with Crippen LogP contribution >= 0.6 is 11.5 Å². The molecule has 4 rings (SSSR count). The van der Waals surface area contributed by atoms with Crippen LogP contribution in [0.3, 0.4) is 0 Å². The first kappa shape index (κ1) is 26.6. The Morgan fingerprint density at radius 2 is 1.68 bits per heavy atom. The number of nitrogens with zero attached hydrogens (tertiary/aromatic N) is 5. The van der Waals surface area contributed by atoms with E-state index in [4.69, 9.17) is 9.40 Å². The van der Waals surface area contributed by atoms with Crippen LogP contribution in [0.1, 0.15) is 34.7 Å². The van der Waals surface area contributed by atoms with Crippen molar-refractivity contribution in [2.75, 3.05) is 38.6 Å². The highest BCUT2D eigenvalue weighted by Gasteiger charge is 2.19. The first-order chi connectivity index (χ1) is 18.0. The van der Waals surface area contributed by atoms with Crippen molar-refractivity contribution in [3.8, 4) is 0 Å². The fraction of sp³-hybridized carbons (Fsp3) is 0.345. The summed E-state index contributed by atoms with van der Waals surface area (Å²) in [4.78, 5) is 24.4. The third-order valence-corrected chi connectivity index (χ3v) is 6.93. The molecule has 0 fully saturated rings. The fourth-order valence-electron chi connectivity index (χ4n) is 3.97. The molecule has 0 atom stereocenters. The number of carbonyl (C=O) groups excluding carboxylic acids is 1. The van der Waals surface area contributed by atoms with Gasteiger partial charge in [0.1, 0.15) is 11.6 Å². The molecule has 4 aromatic rings. The quantitative estimate of drug-likeness (QED) is 0.248. The van der Waals surface area contributed by atoms with E-state index in [1.54, 1.807) is 6.26 Å². The highest BCUT2D eigenvalue weighted by atomic mass is 32.1. The summed E-state index contributed by atoms with van der Waals surface area (Å²) < 4.78 is 10.2. The monoisotopic (exact) mass is 517 g/mol. The summed E-state index contributed by atoms with van der Waals surface area (Å²) in [5, 5.41) is 0.800. The van der Waals surface area contributed by atoms with Gasteiger partial charge in [0.15, 0.2) is 0 Å². The van der Waals surface area contributed by atoms with Crippen molar-refractivity contribution in [2.45, 2.75) is 32.9 Å². The lowest BCUT2D eigenvalue weighted by atomic mass is 10.1. The van der Waals surface area contributed by atoms with Gasteiger partial charge >= 0.3 is 0 Å². The molecule has 0 unspecified atom stereocenters. The predicted molar refractivity (Wildman–Crippen MR) is 149 cm³/mol. The fourth-order valence-corrected chi connectivity index (χ4v) is 4.68. The Kier molecular flexibility index (Phi) is 9.46. The zero-order valence-electron chi connectivity index (χ0n) is 21.8. The summed E-state index contributed by atoms with van der Waals surface area (Å²) in [5.74, 6) is 1.74. The van der Waals surface area contributed by atoms with Crippen LogP contribution in [0.2, 0.25) is 0 Å². The molecule has 0 saturated carbocycles. The molecule has 0 aliphatic carbocycles. The number of likely N-dealkylation sites (N-methyl/N-ethyl adjacent to an activating group) is 1. The molecule has 0 saturated heterocycles. The van der Waals surface area contributed by atoms with Crippen LogP contribution in [0.25, 0.3) is 0 Å². The largest absolute Gasteiger partial charge is 0.467 e. The van der Waals surface area contributed by atoms with Crippen molar-refractivity contribution in [2.24, 2.45) is 0 Å². The Morgan fingerprint density at radius 1 is 0.892 bits per heavy atom. The van der Waals surface area contributed by atoms with Crippen LogP contribution < -0.4 is 4.90 Å². The van der Waals surface area contributed by atoms with E-state index < -0.39 is 0 Å². The zero-order chi connectivity index (χ0) is 26.0. The normalized spacial score (nSPS) is 11.1. The van der Waals surface area contributed by atoms with E-state index in [9.17, 15) is 4.79 Å². The molecule has 194 valence electrons. The van der Waals surface area contributed by atoms with Crippen molar-refractivity contribution >= 4 is 22.6 Å². The van der Waals surface area contributed by atoms with Gasteiger partial charge in [-0.05, 0) is 44.3 Å². The number of furan rings is 1. The van der Waals surface area contributed by atoms with Crippen molar-refractivity contribution in [1.29, 1.82) is 0 Å². The number of hydrogen-bond donors (Lipinski definition) is 0. The second-order valence-corrected chi connectivity index (χ2v) is 10.2. The summed E-state index contributed by atoms with van der Waals surface area (Å²) >= 11 is 1.37. The number of amides is 1. The molecule has 0 N–H and O–H groups in total. The smallest absolute Gasteiger partial charge is 0.224 e. The van der Waals surface area contributed by atoms with Gasteiger partial charge in [0.05, 0.1) is 12.8 Å². The van der Waals surface area contributed by atoms with E-state index in [1.807, 2.05) is 49.3 Å². The lowest BCUT2D eigenvalue weighted by molar-refractivity contribution is -0.131. The van der Waals surface area contributed by atoms with Gasteiger partial charge in [-0.25, -0.2) is 4.98 Å². The summed E-state index contributed by atoms with van der Waals surface area (Å²) in [6.45, 7) is 5.25. The maximum Gasteiger partial charge on any atom is 0.224 e. The molecule has 37 heavy (non-hydrogen) atoms. The van der Waals surface area contributed by atoms with Gasteiger partial charge in [-0.15, -0.1) is 0 Å². The van der Waals surface area contributed by atoms with Gasteiger partial charge < -0.3 is 19.1 Å². The Labute approximate surface area is 223 Å². The van der Waals surface area contributed by atoms with Crippen LogP contribution in [0.4, 0.5) is 5.13 Å². The zero-order valence-corrected chi connectivity index (χ0v) is 22.7. The highest BCUT2D eigenvalue weighted by Crippen LogP contribution is 2.22. The molecular weight excluding hydrogens is 482 g/mol. The van der Waals surface area contributed by atoms with Gasteiger partial charge in [0.25, 0.3) is 0 Å². The first-order valence-corrected chi connectivity index (χ1v) is 13.4. The number of rotatable bonds is 13. The molecule has 0 radical (unpaired) electrons. The van der Waals surface area contributed by atoms with Crippen molar-refractivity contribution in [3.05, 3.63) is 101 Å². The maximum atomic E-state index is 13.4. The molecule has 2 aromatic carbocycles. The predicted octanol–water partition coefficient (Wildman–Crippen LogP) is 5.02. The van der Waals surface area contributed by atoms with Gasteiger partial charge in [0, 0.05) is 50.6 Å². The standard InChI is InChI=1S/C29H35N5O2S/c1-23-11-13-24(14-12-23)20-27-30-29(37-31-27)34(22-26-10-7-19-36-26)16-15-28(35)33(18-17-32(2)3)21-25-8-5-4-6-9-25/h4-14,19H,15-18,20-22H2,1-3H3. The number of anilines is 1. The average Bonchev–Trinajstić information content (AvgIpc) is 3.58. The summed E-state index contributed by atoms with van der Waals surface area (Å²) in [6, 6.07) is 22.4. The molecule has 1 amide bonds. The molecule has 0 spiro atoms. The van der Waals surface area contributed by atoms with E-state index in [2.05, 4.69) is 57.5 Å². The topological polar surface area (TPSA) is 65.7 Å². The van der Waals surface area contributed by atoms with Gasteiger partial charge in [-0.3, -0.25) is 4.79 Å². The van der Waals surface area contributed by atoms with E-state index in [-0.39, 0.29) is 5.91 Å². The van der Waals surface area contributed by atoms with Gasteiger partial charge in [-0.1, -0.05) is 60.2 Å². The van der Waals surface area contributed by atoms with E-state index in [0.717, 1.165) is 28.8 Å². The number of carbonyl (C=O) groups is 1. The first-order valence-electron chi connectivity index (χ1n) is 12.6. The van der Waals surface area contributed by atoms with Gasteiger partial charge in [-0.2, -0.15) is 4.37 Å². The Hall–Kier alpha value is -3.49. The SMILES string of the molecule is Cc1ccc(Cc2nsc(N(CCC(=O)N(CCN(C)C)Cc3ccccc3)Cc3ccco3)n2)cc1. The van der Waals surface area contributed by atoms with Crippen LogP contribution in [-0.4, -0.2) is 58.8 Å². The highest BCUT2D eigenvalue weighted by molar-refractivity contribution is 7.09. The number of aryl methyl sites for hydroxylation is 1. The second-order valence-electron chi connectivity index (χ2n) is 9.51. The Balaban J connectivity index is 1.45. The van der Waals surface area contributed by atoms with E-state index in [0.29, 0.717) is 39.0 Å². The van der Waals surface area contributed by atoms with Crippen LogP contribution in [0.5, 0.6) is 0 Å². The molecule has 0 aliphatic rings. The molecule has 7 nitrogen and oxygen atoms in total. The third-order valence-electron chi connectivity index (χ3n) is 6.12.